The van der Waals surface area contributed by atoms with Crippen molar-refractivity contribution in [1.82, 2.24) is 4.90 Å². The monoisotopic (exact) mass is 199 g/mol. The van der Waals surface area contributed by atoms with E-state index in [4.69, 9.17) is 0 Å². The molecule has 14 heavy (non-hydrogen) atoms. The van der Waals surface area contributed by atoms with Crippen molar-refractivity contribution >= 4 is 5.97 Å². The largest absolute Gasteiger partial charge is 0.480 e. The van der Waals surface area contributed by atoms with Crippen LogP contribution in [0.15, 0.2) is 0 Å². The van der Waals surface area contributed by atoms with Gasteiger partial charge in [0.1, 0.15) is 6.04 Å². The summed E-state index contributed by atoms with van der Waals surface area (Å²) in [5, 5.41) is 9.22. The van der Waals surface area contributed by atoms with Gasteiger partial charge in [-0.2, -0.15) is 0 Å². The Morgan fingerprint density at radius 1 is 1.29 bits per heavy atom. The molecule has 1 rings (SSSR count). The molecule has 1 fully saturated rings. The predicted molar refractivity (Wildman–Crippen MR) is 56.3 cm³/mol. The fourth-order valence-corrected chi connectivity index (χ4v) is 2.78. The Morgan fingerprint density at radius 3 is 2.14 bits per heavy atom. The highest BCUT2D eigenvalue weighted by molar-refractivity contribution is 5.74. The zero-order valence-corrected chi connectivity index (χ0v) is 9.42. The summed E-state index contributed by atoms with van der Waals surface area (Å²) in [6, 6.07) is -0.331. The van der Waals surface area contributed by atoms with E-state index < -0.39 is 5.97 Å². The Kier molecular flexibility index (Phi) is 3.53. The van der Waals surface area contributed by atoms with Gasteiger partial charge in [0.15, 0.2) is 0 Å². The Balaban J connectivity index is 2.79. The normalized spacial score (nSPS) is 23.4. The third-order valence-corrected chi connectivity index (χ3v) is 3.41. The van der Waals surface area contributed by atoms with Crippen molar-refractivity contribution < 1.29 is 9.90 Å². The van der Waals surface area contributed by atoms with Gasteiger partial charge in [-0.15, -0.1) is 0 Å². The lowest BCUT2D eigenvalue weighted by molar-refractivity contribution is -0.148. The van der Waals surface area contributed by atoms with Crippen LogP contribution < -0.4 is 0 Å². The first-order valence-corrected chi connectivity index (χ1v) is 5.36. The molecule has 0 saturated heterocycles. The fourth-order valence-electron chi connectivity index (χ4n) is 2.78. The topological polar surface area (TPSA) is 40.5 Å². The van der Waals surface area contributed by atoms with Crippen LogP contribution in [0.5, 0.6) is 0 Å². The van der Waals surface area contributed by atoms with Gasteiger partial charge in [-0.25, -0.2) is 0 Å². The highest BCUT2D eigenvalue weighted by Crippen LogP contribution is 2.40. The van der Waals surface area contributed by atoms with Gasteiger partial charge in [-0.3, -0.25) is 9.69 Å². The first kappa shape index (κ1) is 11.5. The van der Waals surface area contributed by atoms with Crippen LogP contribution in [0.3, 0.4) is 0 Å². The highest BCUT2D eigenvalue weighted by atomic mass is 16.4. The standard InChI is InChI=1S/C11H21NO2/c1-11(7-5-4-6-8-11)9(10(13)14)12(2)3/h9H,4-8H2,1-3H3,(H,13,14). The summed E-state index contributed by atoms with van der Waals surface area (Å²) in [6.45, 7) is 2.12. The molecular weight excluding hydrogens is 178 g/mol. The van der Waals surface area contributed by atoms with Crippen LogP contribution in [-0.4, -0.2) is 36.1 Å². The van der Waals surface area contributed by atoms with Crippen molar-refractivity contribution in [2.75, 3.05) is 14.1 Å². The molecule has 0 spiro atoms. The molecule has 3 heteroatoms. The second-order valence-electron chi connectivity index (χ2n) is 4.92. The van der Waals surface area contributed by atoms with Crippen LogP contribution in [0.2, 0.25) is 0 Å². The molecule has 1 saturated carbocycles. The first-order valence-electron chi connectivity index (χ1n) is 5.36. The minimum atomic E-state index is -0.681. The van der Waals surface area contributed by atoms with E-state index in [2.05, 4.69) is 6.92 Å². The molecule has 0 heterocycles. The second kappa shape index (κ2) is 4.30. The Bertz CT molecular complexity index is 207. The molecule has 0 bridgehead atoms. The van der Waals surface area contributed by atoms with Gasteiger partial charge in [0, 0.05) is 0 Å². The van der Waals surface area contributed by atoms with Gasteiger partial charge in [0.2, 0.25) is 0 Å². The van der Waals surface area contributed by atoms with E-state index in [0.29, 0.717) is 0 Å². The van der Waals surface area contributed by atoms with Crippen LogP contribution in [0.25, 0.3) is 0 Å². The Labute approximate surface area is 86.1 Å². The number of nitrogens with zero attached hydrogens (tertiary/aromatic N) is 1. The lowest BCUT2D eigenvalue weighted by Gasteiger charge is -2.41. The second-order valence-corrected chi connectivity index (χ2v) is 4.92. The van der Waals surface area contributed by atoms with E-state index in [-0.39, 0.29) is 11.5 Å². The van der Waals surface area contributed by atoms with Crippen LogP contribution in [0.4, 0.5) is 0 Å². The van der Waals surface area contributed by atoms with E-state index in [1.165, 1.54) is 19.3 Å². The number of carboxylic acids is 1. The third-order valence-electron chi connectivity index (χ3n) is 3.41. The number of hydrogen-bond donors (Lipinski definition) is 1. The summed E-state index contributed by atoms with van der Waals surface area (Å²) in [5.74, 6) is -0.681. The molecule has 1 aliphatic carbocycles. The lowest BCUT2D eigenvalue weighted by Crippen LogP contribution is -2.49. The van der Waals surface area contributed by atoms with E-state index in [1.54, 1.807) is 0 Å². The minimum absolute atomic E-state index is 0.0341. The van der Waals surface area contributed by atoms with E-state index in [1.807, 2.05) is 19.0 Å². The molecule has 0 aromatic rings. The molecule has 0 aromatic heterocycles. The SMILES string of the molecule is CN(C)C(C(=O)O)C1(C)CCCCC1. The van der Waals surface area contributed by atoms with Gasteiger partial charge in [0.25, 0.3) is 0 Å². The number of aliphatic carboxylic acids is 1. The van der Waals surface area contributed by atoms with E-state index in [9.17, 15) is 9.90 Å². The van der Waals surface area contributed by atoms with Gasteiger partial charge in [-0.05, 0) is 32.4 Å². The molecular formula is C11H21NO2. The third kappa shape index (κ3) is 2.27. The van der Waals surface area contributed by atoms with Crippen molar-refractivity contribution in [2.45, 2.75) is 45.1 Å². The van der Waals surface area contributed by atoms with Crippen molar-refractivity contribution in [3.63, 3.8) is 0 Å². The Morgan fingerprint density at radius 2 is 1.79 bits per heavy atom. The number of rotatable bonds is 3. The average Bonchev–Trinajstić information content (AvgIpc) is 2.02. The molecule has 0 aromatic carbocycles. The van der Waals surface area contributed by atoms with Crippen LogP contribution in [0.1, 0.15) is 39.0 Å². The van der Waals surface area contributed by atoms with Crippen molar-refractivity contribution in [1.29, 1.82) is 0 Å². The van der Waals surface area contributed by atoms with Crippen LogP contribution >= 0.6 is 0 Å². The molecule has 0 aliphatic heterocycles. The molecule has 1 aliphatic rings. The van der Waals surface area contributed by atoms with Crippen LogP contribution in [-0.2, 0) is 4.79 Å². The number of likely N-dealkylation sites (N-methyl/N-ethyl adjacent to an activating group) is 1. The molecule has 1 N–H and O–H groups in total. The maximum Gasteiger partial charge on any atom is 0.321 e. The summed E-state index contributed by atoms with van der Waals surface area (Å²) >= 11 is 0. The summed E-state index contributed by atoms with van der Waals surface area (Å²) in [6.07, 6.45) is 5.70. The van der Waals surface area contributed by atoms with E-state index >= 15 is 0 Å². The van der Waals surface area contributed by atoms with E-state index in [0.717, 1.165) is 12.8 Å². The van der Waals surface area contributed by atoms with Gasteiger partial charge in [-0.1, -0.05) is 26.2 Å². The maximum absolute atomic E-state index is 11.2. The zero-order valence-electron chi connectivity index (χ0n) is 9.42. The summed E-state index contributed by atoms with van der Waals surface area (Å²) in [5.41, 5.74) is -0.0341. The molecule has 0 radical (unpaired) electrons. The van der Waals surface area contributed by atoms with Crippen molar-refractivity contribution in [3.8, 4) is 0 Å². The Hall–Kier alpha value is -0.570. The minimum Gasteiger partial charge on any atom is -0.480 e. The molecule has 3 nitrogen and oxygen atoms in total. The summed E-state index contributed by atoms with van der Waals surface area (Å²) in [7, 11) is 3.72. The smallest absolute Gasteiger partial charge is 0.321 e. The van der Waals surface area contributed by atoms with Crippen molar-refractivity contribution in [2.24, 2.45) is 5.41 Å². The quantitative estimate of drug-likeness (QED) is 0.755. The molecule has 82 valence electrons. The van der Waals surface area contributed by atoms with Gasteiger partial charge >= 0.3 is 5.97 Å². The van der Waals surface area contributed by atoms with Crippen molar-refractivity contribution in [3.05, 3.63) is 0 Å². The highest BCUT2D eigenvalue weighted by Gasteiger charge is 2.41. The first-order chi connectivity index (χ1) is 6.47. The van der Waals surface area contributed by atoms with Crippen LogP contribution in [0, 0.1) is 5.41 Å². The molecule has 1 atom stereocenters. The molecule has 0 amide bonds. The molecule has 1 unspecified atom stereocenters. The number of hydrogen-bond acceptors (Lipinski definition) is 2. The van der Waals surface area contributed by atoms with Gasteiger partial charge < -0.3 is 5.11 Å². The number of carboxylic acid groups (broad SMARTS) is 1. The average molecular weight is 199 g/mol. The number of carbonyl (C=O) groups is 1. The summed E-state index contributed by atoms with van der Waals surface area (Å²) < 4.78 is 0. The van der Waals surface area contributed by atoms with Gasteiger partial charge in [0.05, 0.1) is 0 Å². The fraction of sp³-hybridized carbons (Fsp3) is 0.909. The summed E-state index contributed by atoms with van der Waals surface area (Å²) in [4.78, 5) is 13.0. The maximum atomic E-state index is 11.2. The zero-order chi connectivity index (χ0) is 10.8. The predicted octanol–water partition coefficient (Wildman–Crippen LogP) is 1.97. The lowest BCUT2D eigenvalue weighted by atomic mass is 9.70.